The predicted octanol–water partition coefficient (Wildman–Crippen LogP) is 3.92. The SMILES string of the molecule is O=S(=O)(Nc1ccc(I)cc1)c1sccc1Br. The van der Waals surface area contributed by atoms with E-state index in [0.717, 1.165) is 3.57 Å². The summed E-state index contributed by atoms with van der Waals surface area (Å²) in [6.45, 7) is 0. The molecule has 0 bridgehead atoms. The van der Waals surface area contributed by atoms with Gasteiger partial charge in [0.05, 0.1) is 0 Å². The molecule has 90 valence electrons. The zero-order valence-corrected chi connectivity index (χ0v) is 13.7. The number of anilines is 1. The molecule has 0 aliphatic heterocycles. The van der Waals surface area contributed by atoms with Gasteiger partial charge in [0.1, 0.15) is 0 Å². The minimum absolute atomic E-state index is 0.288. The van der Waals surface area contributed by atoms with Gasteiger partial charge in [-0.05, 0) is 74.2 Å². The van der Waals surface area contributed by atoms with Crippen LogP contribution in [0.3, 0.4) is 0 Å². The van der Waals surface area contributed by atoms with E-state index in [1.807, 2.05) is 12.1 Å². The third kappa shape index (κ3) is 3.21. The summed E-state index contributed by atoms with van der Waals surface area (Å²) in [5, 5.41) is 1.73. The lowest BCUT2D eigenvalue weighted by atomic mass is 10.3. The normalized spacial score (nSPS) is 11.4. The van der Waals surface area contributed by atoms with Crippen molar-refractivity contribution in [2.24, 2.45) is 0 Å². The van der Waals surface area contributed by atoms with E-state index in [2.05, 4.69) is 43.2 Å². The monoisotopic (exact) mass is 443 g/mol. The molecule has 0 unspecified atom stereocenters. The van der Waals surface area contributed by atoms with Crippen LogP contribution in [0.1, 0.15) is 0 Å². The minimum Gasteiger partial charge on any atom is -0.279 e. The van der Waals surface area contributed by atoms with Gasteiger partial charge in [-0.25, -0.2) is 8.42 Å². The van der Waals surface area contributed by atoms with Crippen molar-refractivity contribution in [3.63, 3.8) is 0 Å². The number of nitrogens with one attached hydrogen (secondary N) is 1. The number of sulfonamides is 1. The van der Waals surface area contributed by atoms with Crippen LogP contribution in [0.25, 0.3) is 0 Å². The molecule has 1 aromatic heterocycles. The van der Waals surface area contributed by atoms with Crippen molar-refractivity contribution in [2.45, 2.75) is 4.21 Å². The highest BCUT2D eigenvalue weighted by Crippen LogP contribution is 2.29. The lowest BCUT2D eigenvalue weighted by molar-refractivity contribution is 0.603. The lowest BCUT2D eigenvalue weighted by Crippen LogP contribution is -2.11. The lowest BCUT2D eigenvalue weighted by Gasteiger charge is -2.06. The van der Waals surface area contributed by atoms with Crippen molar-refractivity contribution in [3.8, 4) is 0 Å². The van der Waals surface area contributed by atoms with Gasteiger partial charge in [-0.1, -0.05) is 0 Å². The van der Waals surface area contributed by atoms with Crippen LogP contribution in [0.5, 0.6) is 0 Å². The molecule has 0 atom stereocenters. The number of halogens is 2. The molecule has 2 aromatic rings. The van der Waals surface area contributed by atoms with Gasteiger partial charge >= 0.3 is 0 Å². The highest BCUT2D eigenvalue weighted by atomic mass is 127. The Hall–Kier alpha value is -0.120. The number of rotatable bonds is 3. The summed E-state index contributed by atoms with van der Waals surface area (Å²) >= 11 is 6.56. The standard InChI is InChI=1S/C10H7BrINO2S2/c11-9-5-6-16-10(9)17(14,15)13-8-3-1-7(12)2-4-8/h1-6,13H. The van der Waals surface area contributed by atoms with Crippen LogP contribution < -0.4 is 4.72 Å². The Balaban J connectivity index is 2.30. The quantitative estimate of drug-likeness (QED) is 0.731. The van der Waals surface area contributed by atoms with Crippen LogP contribution in [0.15, 0.2) is 44.4 Å². The molecule has 2 rings (SSSR count). The predicted molar refractivity (Wildman–Crippen MR) is 82.0 cm³/mol. The second-order valence-electron chi connectivity index (χ2n) is 3.17. The number of thiophene rings is 1. The second-order valence-corrected chi connectivity index (χ2v) is 8.06. The molecular formula is C10H7BrINO2S2. The Morgan fingerprint density at radius 2 is 1.82 bits per heavy atom. The molecule has 0 spiro atoms. The van der Waals surface area contributed by atoms with Crippen LogP contribution in [0, 0.1) is 3.57 Å². The summed E-state index contributed by atoms with van der Waals surface area (Å²) < 4.78 is 28.5. The fourth-order valence-corrected chi connectivity index (χ4v) is 4.95. The van der Waals surface area contributed by atoms with Crippen LogP contribution in [0.4, 0.5) is 5.69 Å². The Kier molecular flexibility index (Phi) is 4.11. The first-order valence-corrected chi connectivity index (χ1v) is 8.74. The molecule has 0 fully saturated rings. The van der Waals surface area contributed by atoms with Gasteiger partial charge in [-0.3, -0.25) is 4.72 Å². The zero-order valence-electron chi connectivity index (χ0n) is 8.35. The van der Waals surface area contributed by atoms with Crippen LogP contribution in [-0.2, 0) is 10.0 Å². The Labute approximate surface area is 126 Å². The smallest absolute Gasteiger partial charge is 0.272 e. The molecule has 0 saturated carbocycles. The molecule has 3 nitrogen and oxygen atoms in total. The summed E-state index contributed by atoms with van der Waals surface area (Å²) in [4.78, 5) is 0. The third-order valence-electron chi connectivity index (χ3n) is 1.92. The molecule has 0 radical (unpaired) electrons. The number of hydrogen-bond donors (Lipinski definition) is 1. The first kappa shape index (κ1) is 13.3. The molecule has 0 saturated heterocycles. The molecular weight excluding hydrogens is 437 g/mol. The molecule has 1 N–H and O–H groups in total. The number of hydrogen-bond acceptors (Lipinski definition) is 3. The summed E-state index contributed by atoms with van der Waals surface area (Å²) in [5.74, 6) is 0. The van der Waals surface area contributed by atoms with Crippen LogP contribution >= 0.6 is 49.9 Å². The fourth-order valence-electron chi connectivity index (χ4n) is 1.19. The van der Waals surface area contributed by atoms with Gasteiger partial charge in [-0.2, -0.15) is 0 Å². The van der Waals surface area contributed by atoms with Crippen molar-refractivity contribution >= 4 is 65.6 Å². The van der Waals surface area contributed by atoms with Crippen molar-refractivity contribution in [1.29, 1.82) is 0 Å². The maximum atomic E-state index is 12.0. The molecule has 0 aliphatic rings. The maximum absolute atomic E-state index is 12.0. The maximum Gasteiger partial charge on any atom is 0.272 e. The van der Waals surface area contributed by atoms with Crippen LogP contribution in [-0.4, -0.2) is 8.42 Å². The van der Waals surface area contributed by atoms with Crippen molar-refractivity contribution in [3.05, 3.63) is 43.8 Å². The fraction of sp³-hybridized carbons (Fsp3) is 0. The van der Waals surface area contributed by atoms with Crippen molar-refractivity contribution < 1.29 is 8.42 Å². The first-order valence-electron chi connectivity index (χ1n) is 4.50. The van der Waals surface area contributed by atoms with E-state index in [4.69, 9.17) is 0 Å². The molecule has 0 amide bonds. The van der Waals surface area contributed by atoms with Gasteiger partial charge in [0.2, 0.25) is 0 Å². The average Bonchev–Trinajstić information content (AvgIpc) is 2.68. The Morgan fingerprint density at radius 3 is 2.35 bits per heavy atom. The summed E-state index contributed by atoms with van der Waals surface area (Å²) in [7, 11) is -3.49. The van der Waals surface area contributed by atoms with Crippen molar-refractivity contribution in [1.82, 2.24) is 0 Å². The van der Waals surface area contributed by atoms with E-state index in [0.29, 0.717) is 10.2 Å². The van der Waals surface area contributed by atoms with Crippen LogP contribution in [0.2, 0.25) is 0 Å². The summed E-state index contributed by atoms with van der Waals surface area (Å²) in [6, 6.07) is 8.89. The van der Waals surface area contributed by atoms with E-state index < -0.39 is 10.0 Å². The molecule has 17 heavy (non-hydrogen) atoms. The Morgan fingerprint density at radius 1 is 1.18 bits per heavy atom. The minimum atomic E-state index is -3.49. The Bertz CT molecular complexity index is 622. The van der Waals surface area contributed by atoms with Gasteiger partial charge < -0.3 is 0 Å². The summed E-state index contributed by atoms with van der Waals surface area (Å²) in [6.07, 6.45) is 0. The first-order chi connectivity index (χ1) is 7.99. The van der Waals surface area contributed by atoms with Crippen molar-refractivity contribution in [2.75, 3.05) is 4.72 Å². The summed E-state index contributed by atoms with van der Waals surface area (Å²) in [5.41, 5.74) is 0.561. The van der Waals surface area contributed by atoms with E-state index in [1.54, 1.807) is 23.6 Å². The topological polar surface area (TPSA) is 46.2 Å². The highest BCUT2D eigenvalue weighted by molar-refractivity contribution is 14.1. The van der Waals surface area contributed by atoms with E-state index in [1.165, 1.54) is 11.3 Å². The van der Waals surface area contributed by atoms with E-state index in [9.17, 15) is 8.42 Å². The van der Waals surface area contributed by atoms with Gasteiger partial charge in [0.25, 0.3) is 10.0 Å². The second kappa shape index (κ2) is 5.25. The van der Waals surface area contributed by atoms with E-state index >= 15 is 0 Å². The molecule has 1 aromatic carbocycles. The van der Waals surface area contributed by atoms with Gasteiger partial charge in [0, 0.05) is 13.7 Å². The van der Waals surface area contributed by atoms with Gasteiger partial charge in [-0.15, -0.1) is 11.3 Å². The third-order valence-corrected chi connectivity index (χ3v) is 6.70. The molecule has 7 heteroatoms. The van der Waals surface area contributed by atoms with E-state index in [-0.39, 0.29) is 4.21 Å². The van der Waals surface area contributed by atoms with Gasteiger partial charge in [0.15, 0.2) is 4.21 Å². The highest BCUT2D eigenvalue weighted by Gasteiger charge is 2.18. The largest absolute Gasteiger partial charge is 0.279 e. The number of benzene rings is 1. The average molecular weight is 444 g/mol. The molecule has 1 heterocycles. The molecule has 0 aliphatic carbocycles. The zero-order chi connectivity index (χ0) is 12.5.